The van der Waals surface area contributed by atoms with Crippen molar-refractivity contribution < 1.29 is 13.8 Å². The molecule has 0 spiro atoms. The van der Waals surface area contributed by atoms with Crippen LogP contribution in [0.15, 0.2) is 48.5 Å². The Morgan fingerprint density at radius 2 is 1.76 bits per heavy atom. The van der Waals surface area contributed by atoms with Crippen LogP contribution in [0.25, 0.3) is 0 Å². The van der Waals surface area contributed by atoms with Crippen LogP contribution >= 0.6 is 11.6 Å². The van der Waals surface area contributed by atoms with Crippen molar-refractivity contribution in [2.75, 3.05) is 37.8 Å². The number of nitrogens with one attached hydrogen (secondary N) is 1. The number of benzene rings is 2. The molecule has 2 aromatic carbocycles. The lowest BCUT2D eigenvalue weighted by molar-refractivity contribution is 0.0762. The standard InChI is InChI=1S/C21H24ClN3O3S/c1-29(28)15-16-5-2-6-17(13-16)20(26)24-9-4-10-25(12-11-24)21(27)23-19-8-3-7-18(22)14-19/h2-3,5-8,13-14H,4,9-12,15H2,1H3,(H,23,27). The van der Waals surface area contributed by atoms with Gasteiger partial charge in [0.1, 0.15) is 0 Å². The van der Waals surface area contributed by atoms with Crippen LogP contribution in [0.2, 0.25) is 5.02 Å². The van der Waals surface area contributed by atoms with Crippen LogP contribution in [0, 0.1) is 0 Å². The molecular weight excluding hydrogens is 410 g/mol. The fourth-order valence-corrected chi connectivity index (χ4v) is 4.14. The van der Waals surface area contributed by atoms with E-state index in [-0.39, 0.29) is 11.9 Å². The van der Waals surface area contributed by atoms with E-state index in [9.17, 15) is 13.8 Å². The van der Waals surface area contributed by atoms with E-state index in [2.05, 4.69) is 5.32 Å². The lowest BCUT2D eigenvalue weighted by Gasteiger charge is -2.22. The number of hydrogen-bond donors (Lipinski definition) is 1. The SMILES string of the molecule is CS(=O)Cc1cccc(C(=O)N2CCCN(C(=O)Nc3cccc(Cl)c3)CC2)c1. The number of nitrogens with zero attached hydrogens (tertiary/aromatic N) is 2. The van der Waals surface area contributed by atoms with Crippen molar-refractivity contribution in [2.45, 2.75) is 12.2 Å². The molecule has 1 fully saturated rings. The summed E-state index contributed by atoms with van der Waals surface area (Å²) in [6.45, 7) is 2.08. The van der Waals surface area contributed by atoms with Gasteiger partial charge in [0.25, 0.3) is 5.91 Å². The third kappa shape index (κ3) is 6.05. The van der Waals surface area contributed by atoms with E-state index in [1.54, 1.807) is 52.5 Å². The lowest BCUT2D eigenvalue weighted by atomic mass is 10.1. The molecule has 154 valence electrons. The highest BCUT2D eigenvalue weighted by molar-refractivity contribution is 7.83. The van der Waals surface area contributed by atoms with Crippen molar-refractivity contribution in [1.82, 2.24) is 9.80 Å². The van der Waals surface area contributed by atoms with Crippen LogP contribution in [-0.2, 0) is 16.6 Å². The second kappa shape index (κ2) is 9.89. The summed E-state index contributed by atoms with van der Waals surface area (Å²) in [6, 6.07) is 14.1. The minimum atomic E-state index is -0.958. The van der Waals surface area contributed by atoms with Crippen molar-refractivity contribution in [1.29, 1.82) is 0 Å². The van der Waals surface area contributed by atoms with Crippen LogP contribution < -0.4 is 5.32 Å². The molecule has 1 aliphatic rings. The van der Waals surface area contributed by atoms with Gasteiger partial charge in [0, 0.05) is 65.3 Å². The van der Waals surface area contributed by atoms with Gasteiger partial charge in [-0.15, -0.1) is 0 Å². The molecule has 0 bridgehead atoms. The molecule has 0 saturated carbocycles. The average molecular weight is 434 g/mol. The van der Waals surface area contributed by atoms with Gasteiger partial charge in [-0.2, -0.15) is 0 Å². The van der Waals surface area contributed by atoms with Gasteiger partial charge in [0.15, 0.2) is 0 Å². The molecule has 3 amide bonds. The molecular formula is C21H24ClN3O3S. The van der Waals surface area contributed by atoms with Gasteiger partial charge < -0.3 is 15.1 Å². The fraction of sp³-hybridized carbons (Fsp3) is 0.333. The third-order valence-electron chi connectivity index (χ3n) is 4.69. The number of rotatable bonds is 4. The maximum atomic E-state index is 12.9. The molecule has 1 aliphatic heterocycles. The Hall–Kier alpha value is -2.38. The maximum absolute atomic E-state index is 12.9. The van der Waals surface area contributed by atoms with E-state index < -0.39 is 10.8 Å². The first kappa shape index (κ1) is 21.3. The van der Waals surface area contributed by atoms with Crippen LogP contribution in [0.5, 0.6) is 0 Å². The number of anilines is 1. The maximum Gasteiger partial charge on any atom is 0.321 e. The second-order valence-corrected chi connectivity index (χ2v) is 8.86. The van der Waals surface area contributed by atoms with Crippen molar-refractivity contribution in [3.8, 4) is 0 Å². The number of halogens is 1. The Morgan fingerprint density at radius 3 is 2.52 bits per heavy atom. The predicted molar refractivity (Wildman–Crippen MR) is 117 cm³/mol. The topological polar surface area (TPSA) is 69.7 Å². The van der Waals surface area contributed by atoms with Gasteiger partial charge in [-0.1, -0.05) is 29.8 Å². The second-order valence-electron chi connectivity index (χ2n) is 6.99. The van der Waals surface area contributed by atoms with E-state index in [0.29, 0.717) is 54.6 Å². The van der Waals surface area contributed by atoms with Gasteiger partial charge in [0.2, 0.25) is 0 Å². The summed E-state index contributed by atoms with van der Waals surface area (Å²) in [7, 11) is -0.958. The molecule has 1 saturated heterocycles. The lowest BCUT2D eigenvalue weighted by Crippen LogP contribution is -2.39. The minimum Gasteiger partial charge on any atom is -0.337 e. The van der Waals surface area contributed by atoms with Crippen molar-refractivity contribution >= 4 is 40.0 Å². The van der Waals surface area contributed by atoms with Crippen molar-refractivity contribution in [3.05, 3.63) is 64.7 Å². The molecule has 1 unspecified atom stereocenters. The zero-order valence-electron chi connectivity index (χ0n) is 16.3. The molecule has 3 rings (SSSR count). The Balaban J connectivity index is 1.61. The fourth-order valence-electron chi connectivity index (χ4n) is 3.30. The Bertz CT molecular complexity index is 922. The predicted octanol–water partition coefficient (Wildman–Crippen LogP) is 3.60. The molecule has 1 atom stereocenters. The smallest absolute Gasteiger partial charge is 0.321 e. The van der Waals surface area contributed by atoms with E-state index in [1.807, 2.05) is 12.1 Å². The molecule has 0 radical (unpaired) electrons. The van der Waals surface area contributed by atoms with E-state index in [4.69, 9.17) is 11.6 Å². The third-order valence-corrected chi connectivity index (χ3v) is 5.67. The number of carbonyl (C=O) groups excluding carboxylic acids is 2. The summed E-state index contributed by atoms with van der Waals surface area (Å²) < 4.78 is 11.5. The Labute approximate surface area is 178 Å². The van der Waals surface area contributed by atoms with Gasteiger partial charge in [0.05, 0.1) is 0 Å². The number of amides is 3. The molecule has 2 aromatic rings. The summed E-state index contributed by atoms with van der Waals surface area (Å²) in [5.41, 5.74) is 2.11. The molecule has 0 aliphatic carbocycles. The van der Waals surface area contributed by atoms with Crippen LogP contribution in [-0.4, -0.2) is 58.4 Å². The summed E-state index contributed by atoms with van der Waals surface area (Å²) in [5.74, 6) is 0.365. The molecule has 29 heavy (non-hydrogen) atoms. The first-order valence-electron chi connectivity index (χ1n) is 9.42. The highest BCUT2D eigenvalue weighted by atomic mass is 35.5. The summed E-state index contributed by atoms with van der Waals surface area (Å²) >= 11 is 5.97. The zero-order chi connectivity index (χ0) is 20.8. The van der Waals surface area contributed by atoms with E-state index in [0.717, 1.165) is 5.56 Å². The molecule has 6 nitrogen and oxygen atoms in total. The molecule has 0 aromatic heterocycles. The van der Waals surface area contributed by atoms with Gasteiger partial charge in [-0.3, -0.25) is 9.00 Å². The average Bonchev–Trinajstić information content (AvgIpc) is 2.93. The van der Waals surface area contributed by atoms with Crippen LogP contribution in [0.4, 0.5) is 10.5 Å². The van der Waals surface area contributed by atoms with E-state index in [1.165, 1.54) is 0 Å². The minimum absolute atomic E-state index is 0.0640. The first-order chi connectivity index (χ1) is 13.9. The van der Waals surface area contributed by atoms with Gasteiger partial charge in [-0.05, 0) is 42.3 Å². The Morgan fingerprint density at radius 1 is 1.03 bits per heavy atom. The summed E-state index contributed by atoms with van der Waals surface area (Å²) in [5, 5.41) is 3.41. The number of urea groups is 1. The van der Waals surface area contributed by atoms with Crippen molar-refractivity contribution in [2.24, 2.45) is 0 Å². The quantitative estimate of drug-likeness (QED) is 0.800. The van der Waals surface area contributed by atoms with Gasteiger partial charge in [-0.25, -0.2) is 4.79 Å². The molecule has 1 N–H and O–H groups in total. The zero-order valence-corrected chi connectivity index (χ0v) is 17.8. The summed E-state index contributed by atoms with van der Waals surface area (Å²) in [6.07, 6.45) is 2.35. The molecule has 1 heterocycles. The highest BCUT2D eigenvalue weighted by Crippen LogP contribution is 2.17. The van der Waals surface area contributed by atoms with E-state index >= 15 is 0 Å². The molecule has 8 heteroatoms. The number of carbonyl (C=O) groups is 2. The first-order valence-corrected chi connectivity index (χ1v) is 11.5. The summed E-state index contributed by atoms with van der Waals surface area (Å²) in [4.78, 5) is 29.0. The largest absolute Gasteiger partial charge is 0.337 e. The van der Waals surface area contributed by atoms with Crippen LogP contribution in [0.1, 0.15) is 22.3 Å². The van der Waals surface area contributed by atoms with Gasteiger partial charge >= 0.3 is 6.03 Å². The monoisotopic (exact) mass is 433 g/mol. The number of hydrogen-bond acceptors (Lipinski definition) is 3. The normalized spacial score (nSPS) is 15.5. The highest BCUT2D eigenvalue weighted by Gasteiger charge is 2.23. The Kier molecular flexibility index (Phi) is 7.28. The van der Waals surface area contributed by atoms with Crippen LogP contribution in [0.3, 0.4) is 0 Å². The van der Waals surface area contributed by atoms with Crippen molar-refractivity contribution in [3.63, 3.8) is 0 Å².